The van der Waals surface area contributed by atoms with E-state index in [1.165, 1.54) is 0 Å². The van der Waals surface area contributed by atoms with Crippen LogP contribution in [-0.4, -0.2) is 10.9 Å². The number of halogens is 2. The zero-order valence-corrected chi connectivity index (χ0v) is 11.9. The number of hydrogen-bond acceptors (Lipinski definition) is 2. The fourth-order valence-corrected chi connectivity index (χ4v) is 2.02. The van der Waals surface area contributed by atoms with Crippen molar-refractivity contribution in [1.82, 2.24) is 4.98 Å². The van der Waals surface area contributed by atoms with E-state index in [0.717, 1.165) is 10.0 Å². The second kappa shape index (κ2) is 5.50. The van der Waals surface area contributed by atoms with Crippen molar-refractivity contribution in [3.8, 4) is 0 Å². The molecule has 0 aliphatic carbocycles. The van der Waals surface area contributed by atoms with Crippen LogP contribution in [-0.2, 0) is 0 Å². The summed E-state index contributed by atoms with van der Waals surface area (Å²) in [6.07, 6.45) is 1.65. The van der Waals surface area contributed by atoms with Gasteiger partial charge in [-0.2, -0.15) is 0 Å². The summed E-state index contributed by atoms with van der Waals surface area (Å²) in [6, 6.07) is 8.78. The highest BCUT2D eigenvalue weighted by atomic mass is 79.9. The molecule has 0 saturated carbocycles. The summed E-state index contributed by atoms with van der Waals surface area (Å²) in [5.41, 5.74) is 1.44. The van der Waals surface area contributed by atoms with E-state index in [4.69, 9.17) is 11.6 Å². The van der Waals surface area contributed by atoms with Gasteiger partial charge in [-0.05, 0) is 42.8 Å². The van der Waals surface area contributed by atoms with E-state index in [-0.39, 0.29) is 5.91 Å². The Morgan fingerprint density at radius 2 is 2.11 bits per heavy atom. The van der Waals surface area contributed by atoms with E-state index < -0.39 is 0 Å². The van der Waals surface area contributed by atoms with Crippen molar-refractivity contribution in [3.05, 3.63) is 57.2 Å². The number of carbonyl (C=O) groups excluding carboxylic acids is 1. The van der Waals surface area contributed by atoms with Gasteiger partial charge in [0.1, 0.15) is 5.82 Å². The van der Waals surface area contributed by atoms with Crippen molar-refractivity contribution in [2.24, 2.45) is 0 Å². The van der Waals surface area contributed by atoms with Crippen molar-refractivity contribution < 1.29 is 4.79 Å². The summed E-state index contributed by atoms with van der Waals surface area (Å²) in [7, 11) is 0. The zero-order valence-electron chi connectivity index (χ0n) is 9.58. The molecule has 18 heavy (non-hydrogen) atoms. The lowest BCUT2D eigenvalue weighted by molar-refractivity contribution is 0.102. The quantitative estimate of drug-likeness (QED) is 0.905. The molecule has 0 fully saturated rings. The minimum Gasteiger partial charge on any atom is -0.307 e. The van der Waals surface area contributed by atoms with Gasteiger partial charge >= 0.3 is 0 Å². The highest BCUT2D eigenvalue weighted by Gasteiger charge is 2.11. The van der Waals surface area contributed by atoms with Crippen LogP contribution in [0, 0.1) is 6.92 Å². The van der Waals surface area contributed by atoms with Gasteiger partial charge in [0, 0.05) is 10.7 Å². The molecule has 0 aliphatic rings. The number of nitrogens with one attached hydrogen (secondary N) is 1. The predicted molar refractivity (Wildman–Crippen MR) is 76.1 cm³/mol. The molecule has 0 unspecified atom stereocenters. The number of hydrogen-bond donors (Lipinski definition) is 1. The van der Waals surface area contributed by atoms with E-state index in [9.17, 15) is 4.79 Å². The second-order valence-electron chi connectivity index (χ2n) is 3.80. The van der Waals surface area contributed by atoms with E-state index in [0.29, 0.717) is 16.4 Å². The maximum absolute atomic E-state index is 12.0. The van der Waals surface area contributed by atoms with Crippen molar-refractivity contribution in [1.29, 1.82) is 0 Å². The van der Waals surface area contributed by atoms with Gasteiger partial charge in [-0.1, -0.05) is 27.5 Å². The average molecular weight is 326 g/mol. The molecule has 2 aromatic rings. The average Bonchev–Trinajstić information content (AvgIpc) is 2.32. The minimum atomic E-state index is -0.278. The third kappa shape index (κ3) is 3.09. The SMILES string of the molecule is Cc1ccnc(NC(=O)c2cc(Br)ccc2Cl)c1. The first-order valence-electron chi connectivity index (χ1n) is 5.25. The zero-order chi connectivity index (χ0) is 13.1. The van der Waals surface area contributed by atoms with Gasteiger partial charge in [0.05, 0.1) is 10.6 Å². The van der Waals surface area contributed by atoms with Crippen LogP contribution in [0.5, 0.6) is 0 Å². The number of aromatic nitrogens is 1. The summed E-state index contributed by atoms with van der Waals surface area (Å²) in [4.78, 5) is 16.1. The highest BCUT2D eigenvalue weighted by molar-refractivity contribution is 9.10. The Bertz CT molecular complexity index is 601. The predicted octanol–water partition coefficient (Wildman–Crippen LogP) is 4.06. The van der Waals surface area contributed by atoms with Crippen LogP contribution in [0.4, 0.5) is 5.82 Å². The van der Waals surface area contributed by atoms with Crippen LogP contribution in [0.1, 0.15) is 15.9 Å². The van der Waals surface area contributed by atoms with Gasteiger partial charge < -0.3 is 5.32 Å². The van der Waals surface area contributed by atoms with E-state index in [2.05, 4.69) is 26.2 Å². The lowest BCUT2D eigenvalue weighted by Gasteiger charge is -2.07. The van der Waals surface area contributed by atoms with Gasteiger partial charge in [-0.3, -0.25) is 4.79 Å². The van der Waals surface area contributed by atoms with Crippen LogP contribution >= 0.6 is 27.5 Å². The van der Waals surface area contributed by atoms with Gasteiger partial charge in [-0.25, -0.2) is 4.98 Å². The van der Waals surface area contributed by atoms with Crippen LogP contribution in [0.3, 0.4) is 0 Å². The molecule has 92 valence electrons. The lowest BCUT2D eigenvalue weighted by Crippen LogP contribution is -2.13. The Labute approximate surface area is 118 Å². The molecule has 0 spiro atoms. The topological polar surface area (TPSA) is 42.0 Å². The summed E-state index contributed by atoms with van der Waals surface area (Å²) in [5.74, 6) is 0.232. The standard InChI is InChI=1S/C13H10BrClN2O/c1-8-4-5-16-12(6-8)17-13(18)10-7-9(14)2-3-11(10)15/h2-7H,1H3,(H,16,17,18). The Kier molecular flexibility index (Phi) is 3.99. The molecule has 2 rings (SSSR count). The summed E-state index contributed by atoms with van der Waals surface area (Å²) >= 11 is 9.29. The third-order valence-electron chi connectivity index (χ3n) is 2.33. The van der Waals surface area contributed by atoms with Crippen molar-refractivity contribution in [2.45, 2.75) is 6.92 Å². The fourth-order valence-electron chi connectivity index (χ4n) is 1.46. The van der Waals surface area contributed by atoms with Crippen LogP contribution in [0.2, 0.25) is 5.02 Å². The van der Waals surface area contributed by atoms with Gasteiger partial charge in [0.2, 0.25) is 0 Å². The smallest absolute Gasteiger partial charge is 0.258 e. The number of amides is 1. The number of anilines is 1. The number of pyridine rings is 1. The first-order chi connectivity index (χ1) is 8.56. The van der Waals surface area contributed by atoms with Crippen molar-refractivity contribution in [3.63, 3.8) is 0 Å². The number of rotatable bonds is 2. The molecule has 0 atom stereocenters. The molecule has 1 N–H and O–H groups in total. The van der Waals surface area contributed by atoms with Crippen LogP contribution in [0.15, 0.2) is 41.0 Å². The molecule has 5 heteroatoms. The molecule has 0 radical (unpaired) electrons. The number of carbonyl (C=O) groups is 1. The first-order valence-corrected chi connectivity index (χ1v) is 6.42. The number of aryl methyl sites for hydroxylation is 1. The largest absolute Gasteiger partial charge is 0.307 e. The maximum atomic E-state index is 12.0. The molecule has 0 aliphatic heterocycles. The molecule has 3 nitrogen and oxygen atoms in total. The lowest BCUT2D eigenvalue weighted by atomic mass is 10.2. The van der Waals surface area contributed by atoms with E-state index >= 15 is 0 Å². The van der Waals surface area contributed by atoms with Gasteiger partial charge in [0.15, 0.2) is 0 Å². The Morgan fingerprint density at radius 1 is 1.33 bits per heavy atom. The van der Waals surface area contributed by atoms with E-state index in [1.807, 2.05) is 13.0 Å². The molecule has 0 bridgehead atoms. The molecule has 1 aromatic heterocycles. The number of benzene rings is 1. The van der Waals surface area contributed by atoms with Crippen LogP contribution in [0.25, 0.3) is 0 Å². The molecule has 1 amide bonds. The van der Waals surface area contributed by atoms with Gasteiger partial charge in [-0.15, -0.1) is 0 Å². The van der Waals surface area contributed by atoms with Crippen molar-refractivity contribution in [2.75, 3.05) is 5.32 Å². The molecular weight excluding hydrogens is 316 g/mol. The molecular formula is C13H10BrClN2O. The minimum absolute atomic E-state index is 0.278. The third-order valence-corrected chi connectivity index (χ3v) is 3.15. The Morgan fingerprint density at radius 3 is 2.83 bits per heavy atom. The van der Waals surface area contributed by atoms with Crippen molar-refractivity contribution >= 4 is 39.3 Å². The second-order valence-corrected chi connectivity index (χ2v) is 5.12. The number of nitrogens with zero attached hydrogens (tertiary/aromatic N) is 1. The molecule has 1 heterocycles. The van der Waals surface area contributed by atoms with Crippen LogP contribution < -0.4 is 5.32 Å². The fraction of sp³-hybridized carbons (Fsp3) is 0.0769. The van der Waals surface area contributed by atoms with Gasteiger partial charge in [0.25, 0.3) is 5.91 Å². The summed E-state index contributed by atoms with van der Waals surface area (Å²) < 4.78 is 0.800. The Hall–Kier alpha value is -1.39. The molecule has 0 saturated heterocycles. The maximum Gasteiger partial charge on any atom is 0.258 e. The highest BCUT2D eigenvalue weighted by Crippen LogP contribution is 2.21. The summed E-state index contributed by atoms with van der Waals surface area (Å²) in [5, 5.41) is 3.12. The van der Waals surface area contributed by atoms with E-state index in [1.54, 1.807) is 30.5 Å². The first kappa shape index (κ1) is 13.1. The summed E-state index contributed by atoms with van der Waals surface area (Å²) in [6.45, 7) is 1.93. The molecule has 1 aromatic carbocycles. The normalized spacial score (nSPS) is 10.2. The monoisotopic (exact) mass is 324 g/mol. The Balaban J connectivity index is 2.24.